The minimum atomic E-state index is -2.66. The monoisotopic (exact) mass is 358 g/mol. The van der Waals surface area contributed by atoms with Gasteiger partial charge in [-0.15, -0.1) is 0 Å². The molecule has 0 radical (unpaired) electrons. The highest BCUT2D eigenvalue weighted by Gasteiger charge is 2.55. The Kier molecular flexibility index (Phi) is 13.9. The van der Waals surface area contributed by atoms with E-state index in [4.69, 9.17) is 0 Å². The molecule has 0 aromatic heterocycles. The fourth-order valence-electron chi connectivity index (χ4n) is 2.97. The van der Waals surface area contributed by atoms with Gasteiger partial charge in [-0.05, 0) is 6.42 Å². The van der Waals surface area contributed by atoms with Crippen LogP contribution < -0.4 is 0 Å². The van der Waals surface area contributed by atoms with E-state index in [1.54, 1.807) is 0 Å². The highest BCUT2D eigenvalue weighted by atomic mass is 16.7. The summed E-state index contributed by atoms with van der Waals surface area (Å²) in [5.74, 6) is 0. The molecule has 0 N–H and O–H groups in total. The van der Waals surface area contributed by atoms with E-state index in [0.29, 0.717) is 12.8 Å². The first kappa shape index (κ1) is 23.5. The number of nitrogens with zero attached hydrogens (tertiary/aromatic N) is 2. The number of carbonyl (C=O) groups is 1. The number of hydrogen-bond acceptors (Lipinski definition) is 5. The third kappa shape index (κ3) is 10.1. The quantitative estimate of drug-likeness (QED) is 0.109. The Morgan fingerprint density at radius 1 is 0.680 bits per heavy atom. The lowest BCUT2D eigenvalue weighted by molar-refractivity contribution is -0.774. The molecule has 0 aromatic rings. The van der Waals surface area contributed by atoms with Crippen LogP contribution in [0.1, 0.15) is 103 Å². The molecule has 146 valence electrons. The second-order valence-corrected chi connectivity index (χ2v) is 6.86. The maximum atomic E-state index is 10.8. The van der Waals surface area contributed by atoms with Gasteiger partial charge in [0.1, 0.15) is 9.85 Å². The lowest BCUT2D eigenvalue weighted by Gasteiger charge is -2.10. The Bertz CT molecular complexity index is 374. The van der Waals surface area contributed by atoms with E-state index in [0.717, 1.165) is 19.3 Å². The average Bonchev–Trinajstić information content (AvgIpc) is 2.58. The van der Waals surface area contributed by atoms with Crippen LogP contribution in [0.2, 0.25) is 0 Å². The lowest BCUT2D eigenvalue weighted by atomic mass is 10.0. The molecule has 0 saturated carbocycles. The average molecular weight is 358 g/mol. The molecule has 0 rings (SSSR count). The van der Waals surface area contributed by atoms with Crippen LogP contribution >= 0.6 is 0 Å². The highest BCUT2D eigenvalue weighted by molar-refractivity contribution is 5.59. The van der Waals surface area contributed by atoms with Crippen molar-refractivity contribution in [3.8, 4) is 0 Å². The number of rotatable bonds is 18. The van der Waals surface area contributed by atoms with Crippen LogP contribution in [-0.2, 0) is 4.79 Å². The molecule has 0 aromatic carbocycles. The molecule has 7 nitrogen and oxygen atoms in total. The predicted octanol–water partition coefficient (Wildman–Crippen LogP) is 5.31. The van der Waals surface area contributed by atoms with Gasteiger partial charge >= 0.3 is 5.66 Å². The second-order valence-electron chi connectivity index (χ2n) is 6.86. The zero-order valence-electron chi connectivity index (χ0n) is 15.6. The number of unbranched alkanes of at least 4 members (excludes halogenated alkanes) is 13. The number of hydrogen-bond donors (Lipinski definition) is 0. The van der Waals surface area contributed by atoms with Crippen LogP contribution in [0.5, 0.6) is 0 Å². The Hall–Kier alpha value is -1.53. The third-order valence-corrected chi connectivity index (χ3v) is 4.72. The zero-order chi connectivity index (χ0) is 19.0. The SMILES string of the molecule is CCCCCCCCCCCCCCCCC(C=O)([N+](=O)[O-])[N+](=O)[O-]. The summed E-state index contributed by atoms with van der Waals surface area (Å²) in [5.41, 5.74) is -2.66. The van der Waals surface area contributed by atoms with Crippen molar-refractivity contribution in [3.63, 3.8) is 0 Å². The second kappa shape index (κ2) is 14.8. The summed E-state index contributed by atoms with van der Waals surface area (Å²) in [4.78, 5) is 30.2. The lowest BCUT2D eigenvalue weighted by Crippen LogP contribution is -2.47. The van der Waals surface area contributed by atoms with Crippen molar-refractivity contribution in [2.24, 2.45) is 0 Å². The smallest absolute Gasteiger partial charge is 0.287 e. The van der Waals surface area contributed by atoms with Crippen LogP contribution in [0.4, 0.5) is 0 Å². The molecule has 0 aliphatic rings. The van der Waals surface area contributed by atoms with Crippen molar-refractivity contribution < 1.29 is 14.6 Å². The van der Waals surface area contributed by atoms with E-state index in [1.165, 1.54) is 57.8 Å². The number of nitro groups is 2. The van der Waals surface area contributed by atoms with E-state index >= 15 is 0 Å². The zero-order valence-corrected chi connectivity index (χ0v) is 15.6. The first-order valence-electron chi connectivity index (χ1n) is 9.76. The first-order chi connectivity index (χ1) is 12.0. The number of aldehydes is 1. The normalized spacial score (nSPS) is 11.4. The van der Waals surface area contributed by atoms with Gasteiger partial charge in [0.2, 0.25) is 0 Å². The van der Waals surface area contributed by atoms with Gasteiger partial charge in [-0.25, -0.2) is 0 Å². The molecule has 0 fully saturated rings. The first-order valence-corrected chi connectivity index (χ1v) is 9.76. The molecule has 7 heteroatoms. The molecule has 0 heterocycles. The van der Waals surface area contributed by atoms with Gasteiger partial charge in [-0.2, -0.15) is 0 Å². The van der Waals surface area contributed by atoms with E-state index < -0.39 is 15.5 Å². The molecule has 0 atom stereocenters. The standard InChI is InChI=1S/C18H34N2O5/c1-2-3-4-5-6-7-8-9-10-11-12-13-14-15-16-18(17-21,19(22)23)20(24)25/h17H,2-16H2,1H3. The summed E-state index contributed by atoms with van der Waals surface area (Å²) in [5, 5.41) is 21.6. The van der Waals surface area contributed by atoms with Crippen molar-refractivity contribution in [2.75, 3.05) is 0 Å². The molecule has 25 heavy (non-hydrogen) atoms. The van der Waals surface area contributed by atoms with Crippen LogP contribution in [-0.4, -0.2) is 21.8 Å². The van der Waals surface area contributed by atoms with Crippen molar-refractivity contribution in [1.29, 1.82) is 0 Å². The minimum Gasteiger partial charge on any atom is -0.287 e. The van der Waals surface area contributed by atoms with Gasteiger partial charge in [0.25, 0.3) is 6.29 Å². The van der Waals surface area contributed by atoms with Crippen molar-refractivity contribution in [3.05, 3.63) is 20.2 Å². The van der Waals surface area contributed by atoms with E-state index in [1.807, 2.05) is 0 Å². The summed E-state index contributed by atoms with van der Waals surface area (Å²) in [6.07, 6.45) is 15.4. The third-order valence-electron chi connectivity index (χ3n) is 4.72. The fourth-order valence-corrected chi connectivity index (χ4v) is 2.97. The van der Waals surface area contributed by atoms with Gasteiger partial charge in [-0.1, -0.05) is 90.4 Å². The van der Waals surface area contributed by atoms with E-state index in [9.17, 15) is 25.0 Å². The maximum Gasteiger partial charge on any atom is 0.512 e. The highest BCUT2D eigenvalue weighted by Crippen LogP contribution is 2.19. The molecule has 0 aliphatic carbocycles. The summed E-state index contributed by atoms with van der Waals surface area (Å²) in [6.45, 7) is 2.23. The molecule has 0 bridgehead atoms. The largest absolute Gasteiger partial charge is 0.512 e. The fraction of sp³-hybridized carbons (Fsp3) is 0.944. The molecule has 0 saturated heterocycles. The van der Waals surface area contributed by atoms with E-state index in [-0.39, 0.29) is 12.7 Å². The van der Waals surface area contributed by atoms with Crippen LogP contribution in [0.25, 0.3) is 0 Å². The summed E-state index contributed by atoms with van der Waals surface area (Å²) < 4.78 is 0. The molecular weight excluding hydrogens is 324 g/mol. The van der Waals surface area contributed by atoms with Gasteiger partial charge in [0.15, 0.2) is 0 Å². The Morgan fingerprint density at radius 3 is 1.28 bits per heavy atom. The Labute approximate surface area is 150 Å². The Balaban J connectivity index is 3.54. The maximum absolute atomic E-state index is 10.8. The number of carbonyl (C=O) groups excluding carboxylic acids is 1. The van der Waals surface area contributed by atoms with Crippen LogP contribution in [0.15, 0.2) is 0 Å². The van der Waals surface area contributed by atoms with Crippen LogP contribution in [0.3, 0.4) is 0 Å². The Morgan fingerprint density at radius 2 is 1.00 bits per heavy atom. The molecule has 0 unspecified atom stereocenters. The van der Waals surface area contributed by atoms with Gasteiger partial charge in [0.05, 0.1) is 6.42 Å². The minimum absolute atomic E-state index is 0.144. The van der Waals surface area contributed by atoms with Crippen molar-refractivity contribution >= 4 is 6.29 Å². The predicted molar refractivity (Wildman–Crippen MR) is 97.7 cm³/mol. The molecule has 0 spiro atoms. The summed E-state index contributed by atoms with van der Waals surface area (Å²) in [7, 11) is 0. The van der Waals surface area contributed by atoms with Gasteiger partial charge in [0, 0.05) is 0 Å². The van der Waals surface area contributed by atoms with Crippen LogP contribution in [0, 0.1) is 20.2 Å². The van der Waals surface area contributed by atoms with E-state index in [2.05, 4.69) is 6.92 Å². The molecule has 0 amide bonds. The molecular formula is C18H34N2O5. The van der Waals surface area contributed by atoms with Crippen molar-refractivity contribution in [1.82, 2.24) is 0 Å². The van der Waals surface area contributed by atoms with Crippen molar-refractivity contribution in [2.45, 2.75) is 109 Å². The van der Waals surface area contributed by atoms with Gasteiger partial charge in [-0.3, -0.25) is 25.0 Å². The topological polar surface area (TPSA) is 103 Å². The van der Waals surface area contributed by atoms with Gasteiger partial charge < -0.3 is 0 Å². The molecule has 0 aliphatic heterocycles. The summed E-state index contributed by atoms with van der Waals surface area (Å²) >= 11 is 0. The summed E-state index contributed by atoms with van der Waals surface area (Å²) in [6, 6.07) is 0.